The predicted octanol–water partition coefficient (Wildman–Crippen LogP) is -1.58. The molecule has 0 aliphatic heterocycles. The average molecular weight is 272 g/mol. The summed E-state index contributed by atoms with van der Waals surface area (Å²) in [5, 5.41) is 14.8. The van der Waals surface area contributed by atoms with Gasteiger partial charge in [0.15, 0.2) is 0 Å². The van der Waals surface area contributed by atoms with E-state index in [2.05, 4.69) is 0 Å². The van der Waals surface area contributed by atoms with Crippen LogP contribution < -0.4 is 0 Å². The molecule has 0 aromatic heterocycles. The molecular formula is MnNNiO7S+. The summed E-state index contributed by atoms with van der Waals surface area (Å²) in [6.07, 6.45) is 0. The standard InChI is InChI=1S/Mn.NO3.Ni.H2O4S/c;2-1(3)4;;1-5(2,3)4/h;;;(H2,1,2,3,4)/q+2;-1;+2;/p-2. The zero-order valence-electron chi connectivity index (χ0n) is 4.41. The van der Waals surface area contributed by atoms with E-state index in [1.807, 2.05) is 0 Å². The summed E-state index contributed by atoms with van der Waals surface area (Å²) in [6.45, 7) is 0. The van der Waals surface area contributed by atoms with Crippen molar-refractivity contribution in [3.63, 3.8) is 0 Å². The van der Waals surface area contributed by atoms with Crippen LogP contribution >= 0.6 is 0 Å². The number of hydrogen-bond acceptors (Lipinski definition) is 7. The maximum Gasteiger partial charge on any atom is 2.00 e. The van der Waals surface area contributed by atoms with Crippen LogP contribution in [0.1, 0.15) is 0 Å². The van der Waals surface area contributed by atoms with Crippen LogP contribution in [0, 0.1) is 15.3 Å². The minimum atomic E-state index is -5.17. The van der Waals surface area contributed by atoms with E-state index in [-0.39, 0.29) is 33.6 Å². The van der Waals surface area contributed by atoms with Crippen LogP contribution in [-0.4, -0.2) is 22.6 Å². The van der Waals surface area contributed by atoms with Crippen molar-refractivity contribution < 1.29 is 56.2 Å². The molecule has 0 rings (SSSR count). The SMILES string of the molecule is O=S(=O)([O-])[O-].O=[N+]([O-])[O-].[Mn+2].[Ni+2]. The van der Waals surface area contributed by atoms with Gasteiger partial charge in [0.1, 0.15) is 0 Å². The van der Waals surface area contributed by atoms with Crippen molar-refractivity contribution in [3.05, 3.63) is 15.3 Å². The second kappa shape index (κ2) is 10.1. The average Bonchev–Trinajstić information content (AvgIpc) is 1.19. The van der Waals surface area contributed by atoms with Gasteiger partial charge in [0.2, 0.25) is 0 Å². The van der Waals surface area contributed by atoms with Gasteiger partial charge in [-0.25, -0.2) is 0 Å². The Kier molecular flexibility index (Phi) is 20.6. The molecule has 0 saturated heterocycles. The fourth-order valence-electron chi connectivity index (χ4n) is 0. The molecule has 0 unspecified atom stereocenters. The third-order valence-electron chi connectivity index (χ3n) is 0. The molecule has 0 aromatic carbocycles. The summed E-state index contributed by atoms with van der Waals surface area (Å²) >= 11 is 0. The van der Waals surface area contributed by atoms with E-state index in [1.165, 1.54) is 0 Å². The van der Waals surface area contributed by atoms with Crippen molar-refractivity contribution in [2.45, 2.75) is 0 Å². The van der Waals surface area contributed by atoms with E-state index in [4.69, 9.17) is 32.8 Å². The molecule has 0 aliphatic rings. The molecule has 1 radical (unpaired) electrons. The third kappa shape index (κ3) is 95700. The van der Waals surface area contributed by atoms with Gasteiger partial charge in [0, 0.05) is 10.4 Å². The second-order valence-electron chi connectivity index (χ2n) is 0.632. The predicted molar refractivity (Wildman–Crippen MR) is 20.8 cm³/mol. The van der Waals surface area contributed by atoms with Crippen molar-refractivity contribution in [2.75, 3.05) is 0 Å². The number of nitrogens with zero attached hydrogens (tertiary/aromatic N) is 1. The molecule has 69 valence electrons. The normalized spacial score (nSPS) is 7.45. The van der Waals surface area contributed by atoms with Crippen molar-refractivity contribution in [1.82, 2.24) is 0 Å². The smallest absolute Gasteiger partial charge is 0.759 e. The Balaban J connectivity index is -0.0000000383. The first-order valence-electron chi connectivity index (χ1n) is 1.21. The second-order valence-corrected chi connectivity index (χ2v) is 1.45. The van der Waals surface area contributed by atoms with Crippen LogP contribution in [0.15, 0.2) is 0 Å². The van der Waals surface area contributed by atoms with Gasteiger partial charge in [0.25, 0.3) is 0 Å². The molecule has 11 heteroatoms. The molecular weight excluding hydrogens is 272 g/mol. The van der Waals surface area contributed by atoms with E-state index < -0.39 is 15.5 Å². The molecule has 0 saturated carbocycles. The molecule has 0 spiro atoms. The fraction of sp³-hybridized carbons (Fsp3) is 0. The van der Waals surface area contributed by atoms with Crippen LogP contribution in [0.25, 0.3) is 0 Å². The van der Waals surface area contributed by atoms with Crippen molar-refractivity contribution >= 4 is 10.4 Å². The van der Waals surface area contributed by atoms with Gasteiger partial charge in [-0.2, -0.15) is 0 Å². The van der Waals surface area contributed by atoms with Crippen LogP contribution in [0.2, 0.25) is 0 Å². The maximum absolute atomic E-state index is 8.52. The first-order chi connectivity index (χ1) is 3.73. The minimum absolute atomic E-state index is 0. The van der Waals surface area contributed by atoms with E-state index >= 15 is 0 Å². The quantitative estimate of drug-likeness (QED) is 0.170. The molecule has 0 aliphatic carbocycles. The largest absolute Gasteiger partial charge is 2.00 e. The van der Waals surface area contributed by atoms with Gasteiger partial charge < -0.3 is 24.4 Å². The van der Waals surface area contributed by atoms with Gasteiger partial charge in [-0.1, -0.05) is 0 Å². The molecule has 0 N–H and O–H groups in total. The Morgan fingerprint density at radius 1 is 1.09 bits per heavy atom. The summed E-state index contributed by atoms with van der Waals surface area (Å²) < 4.78 is 34.1. The summed E-state index contributed by atoms with van der Waals surface area (Å²) in [7, 11) is -5.17. The van der Waals surface area contributed by atoms with Gasteiger partial charge in [-0.15, -0.1) is 0 Å². The summed E-state index contributed by atoms with van der Waals surface area (Å²) in [5.74, 6) is 0. The molecule has 0 bridgehead atoms. The van der Waals surface area contributed by atoms with Crippen molar-refractivity contribution in [2.24, 2.45) is 0 Å². The number of rotatable bonds is 0. The Labute approximate surface area is 82.1 Å². The molecule has 0 fully saturated rings. The van der Waals surface area contributed by atoms with Crippen LogP contribution in [0.5, 0.6) is 0 Å². The van der Waals surface area contributed by atoms with E-state index in [0.717, 1.165) is 0 Å². The molecule has 0 heterocycles. The zero-order chi connectivity index (χ0) is 8.08. The molecule has 8 nitrogen and oxygen atoms in total. The molecule has 11 heavy (non-hydrogen) atoms. The van der Waals surface area contributed by atoms with Gasteiger partial charge in [-0.05, 0) is 0 Å². The first-order valence-corrected chi connectivity index (χ1v) is 2.55. The first kappa shape index (κ1) is 22.5. The van der Waals surface area contributed by atoms with E-state index in [0.29, 0.717) is 0 Å². The van der Waals surface area contributed by atoms with Gasteiger partial charge >= 0.3 is 33.6 Å². The third-order valence-corrected chi connectivity index (χ3v) is 0. The Hall–Kier alpha value is 0.0830. The van der Waals surface area contributed by atoms with Gasteiger partial charge in [-0.3, -0.25) is 8.42 Å². The zero-order valence-corrected chi connectivity index (χ0v) is 7.39. The topological polar surface area (TPSA) is 146 Å². The van der Waals surface area contributed by atoms with Crippen molar-refractivity contribution in [1.29, 1.82) is 0 Å². The van der Waals surface area contributed by atoms with Crippen molar-refractivity contribution in [3.8, 4) is 0 Å². The minimum Gasteiger partial charge on any atom is -0.759 e. The maximum atomic E-state index is 8.52. The van der Waals surface area contributed by atoms with Crippen LogP contribution in [-0.2, 0) is 44.0 Å². The molecule has 0 aromatic rings. The Bertz CT molecular complexity index is 161. The Morgan fingerprint density at radius 2 is 1.09 bits per heavy atom. The summed E-state index contributed by atoms with van der Waals surface area (Å²) in [5.41, 5.74) is 0. The monoisotopic (exact) mass is 271 g/mol. The molecule has 0 atom stereocenters. The number of hydrogen-bond donors (Lipinski definition) is 0. The van der Waals surface area contributed by atoms with E-state index in [1.54, 1.807) is 0 Å². The van der Waals surface area contributed by atoms with Crippen LogP contribution in [0.3, 0.4) is 0 Å². The Morgan fingerprint density at radius 3 is 1.09 bits per heavy atom. The fourth-order valence-corrected chi connectivity index (χ4v) is 0. The summed E-state index contributed by atoms with van der Waals surface area (Å²) in [4.78, 5) is 8.25. The summed E-state index contributed by atoms with van der Waals surface area (Å²) in [6, 6.07) is 0. The van der Waals surface area contributed by atoms with E-state index in [9.17, 15) is 0 Å². The van der Waals surface area contributed by atoms with Crippen LogP contribution in [0.4, 0.5) is 0 Å². The molecule has 0 amide bonds. The van der Waals surface area contributed by atoms with Gasteiger partial charge in [0.05, 0.1) is 5.09 Å².